The molecule has 0 radical (unpaired) electrons. The molecular weight excluding hydrogens is 351 g/mol. The Balaban J connectivity index is 2.57. The number of thiophene rings is 1. The average molecular weight is 354 g/mol. The minimum atomic E-state index is 0.631. The highest BCUT2D eigenvalue weighted by molar-refractivity contribution is 9.11. The molecule has 0 atom stereocenters. The van der Waals surface area contributed by atoms with Gasteiger partial charge < -0.3 is 0 Å². The Hall–Kier alpha value is 0.0300. The van der Waals surface area contributed by atoms with E-state index in [4.69, 9.17) is 11.6 Å². The molecule has 0 aliphatic carbocycles. The molecule has 72 valence electrons. The second-order valence-electron chi connectivity index (χ2n) is 2.43. The molecule has 0 N–H and O–H groups in total. The summed E-state index contributed by atoms with van der Waals surface area (Å²) in [5, 5.41) is 2.59. The summed E-state index contributed by atoms with van der Waals surface area (Å²) in [6, 6.07) is 3.62. The molecule has 2 aromatic heterocycles. The molecule has 14 heavy (non-hydrogen) atoms. The second-order valence-corrected chi connectivity index (χ2v) is 5.38. The van der Waals surface area contributed by atoms with Crippen molar-refractivity contribution in [3.05, 3.63) is 31.7 Å². The lowest BCUT2D eigenvalue weighted by atomic mass is 10.4. The first-order valence-electron chi connectivity index (χ1n) is 3.60. The molecule has 0 amide bonds. The summed E-state index contributed by atoms with van der Waals surface area (Å²) >= 11 is 14.1. The molecule has 0 fully saturated rings. The molecule has 0 saturated carbocycles. The summed E-state index contributed by atoms with van der Waals surface area (Å²) in [7, 11) is 0. The molecule has 2 rings (SSSR count). The van der Waals surface area contributed by atoms with Gasteiger partial charge in [-0.15, -0.1) is 11.3 Å². The predicted molar refractivity (Wildman–Crippen MR) is 65.8 cm³/mol. The zero-order chi connectivity index (χ0) is 10.1. The Morgan fingerprint density at radius 3 is 2.36 bits per heavy atom. The van der Waals surface area contributed by atoms with E-state index in [0.29, 0.717) is 10.8 Å². The lowest BCUT2D eigenvalue weighted by molar-refractivity contribution is 1.13. The van der Waals surface area contributed by atoms with Crippen LogP contribution >= 0.6 is 54.8 Å². The first-order valence-corrected chi connectivity index (χ1v) is 6.44. The molecule has 2 heterocycles. The fraction of sp³-hybridized carbons (Fsp3) is 0. The number of aromatic nitrogens is 2. The van der Waals surface area contributed by atoms with Crippen LogP contribution in [0.3, 0.4) is 0 Å². The van der Waals surface area contributed by atoms with Crippen molar-refractivity contribution in [1.82, 2.24) is 9.97 Å². The molecule has 0 aliphatic rings. The Bertz CT molecular complexity index is 452. The molecule has 0 saturated heterocycles. The maximum absolute atomic E-state index is 5.98. The van der Waals surface area contributed by atoms with E-state index in [2.05, 4.69) is 41.8 Å². The normalized spacial score (nSPS) is 10.5. The van der Waals surface area contributed by atoms with Gasteiger partial charge in [0.2, 0.25) is 0 Å². The lowest BCUT2D eigenvalue weighted by Crippen LogP contribution is -1.88. The Morgan fingerprint density at radius 2 is 1.86 bits per heavy atom. The molecule has 6 heteroatoms. The fourth-order valence-electron chi connectivity index (χ4n) is 0.945. The standard InChI is InChI=1S/C8H3Br2ClN2S/c9-5-3-6(10)13-8(12-5)7-4(11)1-2-14-7/h1-3H. The molecule has 0 aliphatic heterocycles. The maximum atomic E-state index is 5.98. The molecule has 0 aromatic carbocycles. The topological polar surface area (TPSA) is 25.8 Å². The first-order chi connectivity index (χ1) is 6.66. The van der Waals surface area contributed by atoms with Crippen LogP contribution in [0.2, 0.25) is 5.02 Å². The van der Waals surface area contributed by atoms with Gasteiger partial charge in [-0.3, -0.25) is 0 Å². The van der Waals surface area contributed by atoms with Crippen molar-refractivity contribution >= 4 is 54.8 Å². The van der Waals surface area contributed by atoms with Gasteiger partial charge in [-0.25, -0.2) is 9.97 Å². The highest BCUT2D eigenvalue weighted by Crippen LogP contribution is 2.32. The fourth-order valence-corrected chi connectivity index (χ4v) is 3.10. The summed E-state index contributed by atoms with van der Waals surface area (Å²) in [5.74, 6) is 0.631. The smallest absolute Gasteiger partial charge is 0.173 e. The summed E-state index contributed by atoms with van der Waals surface area (Å²) in [6.07, 6.45) is 0. The number of nitrogens with zero attached hydrogens (tertiary/aromatic N) is 2. The van der Waals surface area contributed by atoms with Crippen LogP contribution < -0.4 is 0 Å². The van der Waals surface area contributed by atoms with Crippen LogP contribution in [-0.4, -0.2) is 9.97 Å². The van der Waals surface area contributed by atoms with Gasteiger partial charge in [0, 0.05) is 6.07 Å². The van der Waals surface area contributed by atoms with E-state index in [1.807, 2.05) is 11.4 Å². The lowest BCUT2D eigenvalue weighted by Gasteiger charge is -1.99. The summed E-state index contributed by atoms with van der Waals surface area (Å²) in [5.41, 5.74) is 0. The van der Waals surface area contributed by atoms with Crippen LogP contribution in [-0.2, 0) is 0 Å². The number of rotatable bonds is 1. The maximum Gasteiger partial charge on any atom is 0.173 e. The molecule has 0 bridgehead atoms. The zero-order valence-corrected chi connectivity index (χ0v) is 11.4. The highest BCUT2D eigenvalue weighted by Gasteiger charge is 2.09. The van der Waals surface area contributed by atoms with Crippen molar-refractivity contribution in [1.29, 1.82) is 0 Å². The minimum Gasteiger partial charge on any atom is -0.220 e. The minimum absolute atomic E-state index is 0.631. The van der Waals surface area contributed by atoms with Gasteiger partial charge in [-0.2, -0.15) is 0 Å². The molecule has 2 aromatic rings. The summed E-state index contributed by atoms with van der Waals surface area (Å²) < 4.78 is 1.47. The number of halogens is 3. The Labute approximate surface area is 107 Å². The van der Waals surface area contributed by atoms with Gasteiger partial charge in [0.1, 0.15) is 9.21 Å². The van der Waals surface area contributed by atoms with E-state index in [9.17, 15) is 0 Å². The molecular formula is C8H3Br2ClN2S. The van der Waals surface area contributed by atoms with Crippen LogP contribution in [0.15, 0.2) is 26.7 Å². The van der Waals surface area contributed by atoms with E-state index in [1.54, 1.807) is 6.07 Å². The van der Waals surface area contributed by atoms with Crippen molar-refractivity contribution in [2.24, 2.45) is 0 Å². The van der Waals surface area contributed by atoms with E-state index < -0.39 is 0 Å². The average Bonchev–Trinajstić information content (AvgIpc) is 2.49. The predicted octanol–water partition coefficient (Wildman–Crippen LogP) is 4.38. The second kappa shape index (κ2) is 4.26. The largest absolute Gasteiger partial charge is 0.220 e. The Kier molecular flexibility index (Phi) is 3.21. The molecule has 0 unspecified atom stereocenters. The SMILES string of the molecule is Clc1ccsc1-c1nc(Br)cc(Br)n1. The van der Waals surface area contributed by atoms with Gasteiger partial charge in [-0.05, 0) is 43.3 Å². The van der Waals surface area contributed by atoms with Gasteiger partial charge in [-0.1, -0.05) is 11.6 Å². The van der Waals surface area contributed by atoms with Gasteiger partial charge in [0.25, 0.3) is 0 Å². The van der Waals surface area contributed by atoms with Gasteiger partial charge >= 0.3 is 0 Å². The van der Waals surface area contributed by atoms with Crippen molar-refractivity contribution < 1.29 is 0 Å². The van der Waals surface area contributed by atoms with Crippen LogP contribution in [0.25, 0.3) is 10.7 Å². The van der Waals surface area contributed by atoms with Crippen LogP contribution in [0.4, 0.5) is 0 Å². The van der Waals surface area contributed by atoms with Crippen LogP contribution in [0.1, 0.15) is 0 Å². The monoisotopic (exact) mass is 352 g/mol. The third kappa shape index (κ3) is 2.16. The number of hydrogen-bond donors (Lipinski definition) is 0. The van der Waals surface area contributed by atoms with Crippen molar-refractivity contribution in [3.8, 4) is 10.7 Å². The van der Waals surface area contributed by atoms with E-state index >= 15 is 0 Å². The first kappa shape index (κ1) is 10.5. The third-order valence-corrected chi connectivity index (χ3v) is 3.63. The third-order valence-electron chi connectivity index (χ3n) is 1.48. The highest BCUT2D eigenvalue weighted by atomic mass is 79.9. The quantitative estimate of drug-likeness (QED) is 0.710. The summed E-state index contributed by atoms with van der Waals surface area (Å²) in [6.45, 7) is 0. The zero-order valence-electron chi connectivity index (χ0n) is 6.67. The van der Waals surface area contributed by atoms with E-state index in [1.165, 1.54) is 11.3 Å². The van der Waals surface area contributed by atoms with Crippen LogP contribution in [0.5, 0.6) is 0 Å². The van der Waals surface area contributed by atoms with E-state index in [0.717, 1.165) is 14.1 Å². The molecule has 0 spiro atoms. The van der Waals surface area contributed by atoms with E-state index in [-0.39, 0.29) is 0 Å². The van der Waals surface area contributed by atoms with Gasteiger partial charge in [0.15, 0.2) is 5.82 Å². The Morgan fingerprint density at radius 1 is 1.21 bits per heavy atom. The van der Waals surface area contributed by atoms with Crippen molar-refractivity contribution in [2.75, 3.05) is 0 Å². The van der Waals surface area contributed by atoms with Crippen LogP contribution in [0, 0.1) is 0 Å². The molecule has 2 nitrogen and oxygen atoms in total. The number of hydrogen-bond acceptors (Lipinski definition) is 3. The van der Waals surface area contributed by atoms with Crippen molar-refractivity contribution in [3.63, 3.8) is 0 Å². The van der Waals surface area contributed by atoms with Gasteiger partial charge in [0.05, 0.1) is 9.90 Å². The summed E-state index contributed by atoms with van der Waals surface area (Å²) in [4.78, 5) is 9.36. The van der Waals surface area contributed by atoms with Crippen molar-refractivity contribution in [2.45, 2.75) is 0 Å².